The van der Waals surface area contributed by atoms with E-state index in [1.807, 2.05) is 30.3 Å². The van der Waals surface area contributed by atoms with Crippen LogP contribution in [0.5, 0.6) is 11.5 Å². The maximum atomic E-state index is 12.0. The normalized spacial score (nSPS) is 15.3. The van der Waals surface area contributed by atoms with Crippen molar-refractivity contribution in [3.63, 3.8) is 0 Å². The Balaban J connectivity index is 0.00000341. The minimum absolute atomic E-state index is 0. The van der Waals surface area contributed by atoms with Crippen molar-refractivity contribution in [3.8, 4) is 11.5 Å². The zero-order valence-corrected chi connectivity index (χ0v) is 20.6. The molecule has 1 atom stereocenters. The van der Waals surface area contributed by atoms with Gasteiger partial charge >= 0.3 is 0 Å². The third kappa shape index (κ3) is 6.75. The number of benzene rings is 2. The van der Waals surface area contributed by atoms with Crippen LogP contribution in [0.25, 0.3) is 0 Å². The Morgan fingerprint density at radius 2 is 1.90 bits per heavy atom. The third-order valence-electron chi connectivity index (χ3n) is 5.23. The lowest BCUT2D eigenvalue weighted by atomic mass is 9.90. The summed E-state index contributed by atoms with van der Waals surface area (Å²) in [7, 11) is 5.04. The first kappa shape index (κ1) is 24.8. The van der Waals surface area contributed by atoms with Crippen molar-refractivity contribution in [1.29, 1.82) is 0 Å². The molecule has 8 heteroatoms. The first-order valence-electron chi connectivity index (χ1n) is 10.2. The van der Waals surface area contributed by atoms with E-state index in [4.69, 9.17) is 9.47 Å². The van der Waals surface area contributed by atoms with Gasteiger partial charge in [-0.1, -0.05) is 24.3 Å². The Kier molecular flexibility index (Phi) is 9.90. The number of anilines is 1. The van der Waals surface area contributed by atoms with Gasteiger partial charge in [-0.2, -0.15) is 0 Å². The van der Waals surface area contributed by atoms with Crippen LogP contribution in [0.15, 0.2) is 47.5 Å². The molecule has 31 heavy (non-hydrogen) atoms. The minimum Gasteiger partial charge on any atom is -0.493 e. The number of hydrogen-bond acceptors (Lipinski definition) is 4. The summed E-state index contributed by atoms with van der Waals surface area (Å²) < 4.78 is 10.6. The number of para-hydroxylation sites is 1. The number of guanidine groups is 1. The van der Waals surface area contributed by atoms with Crippen molar-refractivity contribution in [2.24, 2.45) is 4.99 Å². The molecular weight excluding hydrogens is 507 g/mol. The van der Waals surface area contributed by atoms with E-state index in [9.17, 15) is 4.79 Å². The number of aliphatic imine (C=N–C) groups is 1. The van der Waals surface area contributed by atoms with Crippen molar-refractivity contribution in [2.75, 3.05) is 39.7 Å². The van der Waals surface area contributed by atoms with Crippen LogP contribution >= 0.6 is 24.0 Å². The zero-order valence-electron chi connectivity index (χ0n) is 18.2. The van der Waals surface area contributed by atoms with E-state index >= 15 is 0 Å². The van der Waals surface area contributed by atoms with E-state index in [1.165, 1.54) is 5.56 Å². The van der Waals surface area contributed by atoms with E-state index in [-0.39, 0.29) is 35.8 Å². The number of nitrogens with zero attached hydrogens (tertiary/aromatic N) is 1. The Morgan fingerprint density at radius 1 is 1.13 bits per heavy atom. The Labute approximate surface area is 201 Å². The summed E-state index contributed by atoms with van der Waals surface area (Å²) >= 11 is 0. The van der Waals surface area contributed by atoms with Gasteiger partial charge in [0.25, 0.3) is 0 Å². The molecule has 7 nitrogen and oxygen atoms in total. The van der Waals surface area contributed by atoms with E-state index in [0.717, 1.165) is 48.1 Å². The van der Waals surface area contributed by atoms with Crippen LogP contribution < -0.4 is 25.4 Å². The van der Waals surface area contributed by atoms with Crippen LogP contribution in [0, 0.1) is 0 Å². The lowest BCUT2D eigenvalue weighted by Crippen LogP contribution is -2.41. The molecule has 0 spiro atoms. The molecular formula is C23H31IN4O3. The molecule has 0 radical (unpaired) electrons. The molecule has 1 aliphatic heterocycles. The van der Waals surface area contributed by atoms with Crippen molar-refractivity contribution in [3.05, 3.63) is 53.6 Å². The summed E-state index contributed by atoms with van der Waals surface area (Å²) in [6.45, 7) is 1.44. The molecule has 3 N–H and O–H groups in total. The fraction of sp³-hybridized carbons (Fsp3) is 0.391. The van der Waals surface area contributed by atoms with E-state index < -0.39 is 0 Å². The topological polar surface area (TPSA) is 84.0 Å². The Hall–Kier alpha value is -2.49. The number of methoxy groups -OCH3 is 2. The quantitative estimate of drug-likeness (QED) is 0.207. The van der Waals surface area contributed by atoms with Crippen molar-refractivity contribution >= 4 is 41.5 Å². The highest BCUT2D eigenvalue weighted by molar-refractivity contribution is 14.0. The number of nitrogens with one attached hydrogen (secondary N) is 3. The van der Waals surface area contributed by atoms with Gasteiger partial charge in [-0.05, 0) is 42.2 Å². The van der Waals surface area contributed by atoms with Crippen LogP contribution in [0.1, 0.15) is 29.9 Å². The number of amides is 1. The predicted octanol–water partition coefficient (Wildman–Crippen LogP) is 3.55. The van der Waals surface area contributed by atoms with Gasteiger partial charge in [-0.3, -0.25) is 9.79 Å². The number of carbonyl (C=O) groups excluding carboxylic acids is 1. The molecule has 1 unspecified atom stereocenters. The molecule has 1 aliphatic rings. The van der Waals surface area contributed by atoms with Crippen LogP contribution in [0.2, 0.25) is 0 Å². The summed E-state index contributed by atoms with van der Waals surface area (Å²) in [5.74, 6) is 2.41. The number of aryl methyl sites for hydroxylation is 1. The summed E-state index contributed by atoms with van der Waals surface area (Å²) in [5.41, 5.74) is 3.26. The van der Waals surface area contributed by atoms with Crippen LogP contribution in [0.3, 0.4) is 0 Å². The second-order valence-corrected chi connectivity index (χ2v) is 7.21. The monoisotopic (exact) mass is 538 g/mol. The lowest BCUT2D eigenvalue weighted by molar-refractivity contribution is -0.116. The molecule has 2 aromatic carbocycles. The second kappa shape index (κ2) is 12.4. The maximum Gasteiger partial charge on any atom is 0.225 e. The lowest BCUT2D eigenvalue weighted by Gasteiger charge is -2.26. The molecule has 0 bridgehead atoms. The fourth-order valence-electron chi connectivity index (χ4n) is 3.66. The predicted molar refractivity (Wildman–Crippen MR) is 135 cm³/mol. The molecule has 0 aromatic heterocycles. The molecule has 1 amide bonds. The van der Waals surface area contributed by atoms with Crippen LogP contribution in [-0.4, -0.2) is 46.2 Å². The average molecular weight is 538 g/mol. The van der Waals surface area contributed by atoms with Gasteiger partial charge in [-0.25, -0.2) is 0 Å². The second-order valence-electron chi connectivity index (χ2n) is 7.21. The first-order valence-corrected chi connectivity index (χ1v) is 10.2. The van der Waals surface area contributed by atoms with E-state index in [2.05, 4.69) is 33.1 Å². The molecule has 168 valence electrons. The van der Waals surface area contributed by atoms with Gasteiger partial charge in [0.15, 0.2) is 17.5 Å². The van der Waals surface area contributed by atoms with Gasteiger partial charge in [0.05, 0.1) is 14.2 Å². The highest BCUT2D eigenvalue weighted by Crippen LogP contribution is 2.31. The molecule has 1 heterocycles. The van der Waals surface area contributed by atoms with E-state index in [1.54, 1.807) is 21.3 Å². The number of carbonyl (C=O) groups is 1. The van der Waals surface area contributed by atoms with Gasteiger partial charge in [0.2, 0.25) is 5.91 Å². The number of hydrogen-bond donors (Lipinski definition) is 3. The van der Waals surface area contributed by atoms with Gasteiger partial charge in [0.1, 0.15) is 0 Å². The molecule has 0 saturated carbocycles. The first-order chi connectivity index (χ1) is 14.6. The summed E-state index contributed by atoms with van der Waals surface area (Å²) in [6.07, 6.45) is 2.34. The number of ether oxygens (including phenoxy) is 2. The van der Waals surface area contributed by atoms with Crippen molar-refractivity contribution in [2.45, 2.75) is 25.2 Å². The summed E-state index contributed by atoms with van der Waals surface area (Å²) in [6, 6.07) is 14.0. The highest BCUT2D eigenvalue weighted by Gasteiger charge is 2.24. The largest absolute Gasteiger partial charge is 0.493 e. The number of halogens is 1. The third-order valence-corrected chi connectivity index (χ3v) is 5.23. The minimum atomic E-state index is 0. The molecule has 3 rings (SSSR count). The van der Waals surface area contributed by atoms with Crippen molar-refractivity contribution in [1.82, 2.24) is 10.6 Å². The van der Waals surface area contributed by atoms with Gasteiger partial charge in [0, 0.05) is 38.2 Å². The van der Waals surface area contributed by atoms with E-state index in [0.29, 0.717) is 13.0 Å². The molecule has 0 saturated heterocycles. The summed E-state index contributed by atoms with van der Waals surface area (Å²) in [5, 5.41) is 9.64. The summed E-state index contributed by atoms with van der Waals surface area (Å²) in [4.78, 5) is 16.3. The number of rotatable bonds is 8. The SMILES string of the molecule is CN=C(NCCCc1ccc(OC)c(OC)c1)NCC1CC(=O)Nc2ccccc21.I. The number of fused-ring (bicyclic) bond motifs is 1. The fourth-order valence-corrected chi connectivity index (χ4v) is 3.66. The molecule has 2 aromatic rings. The zero-order chi connectivity index (χ0) is 21.3. The average Bonchev–Trinajstić information content (AvgIpc) is 2.78. The van der Waals surface area contributed by atoms with Gasteiger partial charge in [-0.15, -0.1) is 24.0 Å². The maximum absolute atomic E-state index is 12.0. The van der Waals surface area contributed by atoms with Crippen LogP contribution in [-0.2, 0) is 11.2 Å². The van der Waals surface area contributed by atoms with Crippen LogP contribution in [0.4, 0.5) is 5.69 Å². The standard InChI is InChI=1S/C23H30N4O3.HI/c1-24-23(25-12-6-7-16-10-11-20(29-2)21(13-16)30-3)26-15-17-14-22(28)27-19-9-5-4-8-18(17)19;/h4-5,8-11,13,17H,6-7,12,14-15H2,1-3H3,(H,27,28)(H2,24,25,26);1H. The Bertz CT molecular complexity index is 904. The molecule has 0 aliphatic carbocycles. The van der Waals surface area contributed by atoms with Crippen molar-refractivity contribution < 1.29 is 14.3 Å². The molecule has 0 fully saturated rings. The Morgan fingerprint density at radius 3 is 2.65 bits per heavy atom. The van der Waals surface area contributed by atoms with Gasteiger partial charge < -0.3 is 25.4 Å². The highest BCUT2D eigenvalue weighted by atomic mass is 127. The smallest absolute Gasteiger partial charge is 0.225 e.